The maximum Gasteiger partial charge on any atom is 0.317 e. The first-order chi connectivity index (χ1) is 6.83. The van der Waals surface area contributed by atoms with Crippen molar-refractivity contribution in [3.8, 4) is 0 Å². The molecule has 5 heteroatoms. The fourth-order valence-electron chi connectivity index (χ4n) is 1.08. The summed E-state index contributed by atoms with van der Waals surface area (Å²) in [6.45, 7) is 5.18. The molecule has 5 nitrogen and oxygen atoms in total. The van der Waals surface area contributed by atoms with Crippen LogP contribution in [0.5, 0.6) is 0 Å². The molecule has 1 unspecified atom stereocenters. The quantitative estimate of drug-likeness (QED) is 0.246. The molecule has 4 N–H and O–H groups in total. The molecule has 0 spiro atoms. The largest absolute Gasteiger partial charge is 0.503 e. The molecule has 0 heterocycles. The molecular weight excluding hydrogens is 200 g/mol. The zero-order chi connectivity index (χ0) is 12.1. The number of rotatable bonds is 5. The number of aliphatic hydroxyl groups excluding tert-OH is 2. The van der Waals surface area contributed by atoms with Gasteiger partial charge in [-0.1, -0.05) is 11.6 Å². The Bertz CT molecular complexity index is 261. The predicted octanol–water partition coefficient (Wildman–Crippen LogP) is 2.82. The van der Waals surface area contributed by atoms with Gasteiger partial charge < -0.3 is 15.3 Å². The summed E-state index contributed by atoms with van der Waals surface area (Å²) in [5, 5.41) is 35.3. The van der Waals surface area contributed by atoms with E-state index in [0.29, 0.717) is 6.42 Å². The molecule has 88 valence electrons. The molecule has 0 rings (SSSR count). The zero-order valence-electron chi connectivity index (χ0n) is 9.19. The summed E-state index contributed by atoms with van der Waals surface area (Å²) in [4.78, 5) is 4.09. The van der Waals surface area contributed by atoms with E-state index in [-0.39, 0.29) is 6.42 Å². The molecule has 1 atom stereocenters. The third-order valence-electron chi connectivity index (χ3n) is 2.09. The van der Waals surface area contributed by atoms with E-state index < -0.39 is 17.3 Å². The minimum atomic E-state index is -1.50. The van der Waals surface area contributed by atoms with Crippen LogP contribution in [-0.4, -0.2) is 26.2 Å². The molecule has 0 saturated carbocycles. The summed E-state index contributed by atoms with van der Waals surface area (Å²) < 4.78 is 0. The summed E-state index contributed by atoms with van der Waals surface area (Å²) in [6.07, 6.45) is 2.65. The molecule has 0 aliphatic heterocycles. The van der Waals surface area contributed by atoms with E-state index in [0.717, 1.165) is 5.57 Å². The van der Waals surface area contributed by atoms with E-state index in [2.05, 4.69) is 4.89 Å². The number of aliphatic hydroxyl groups is 3. The highest BCUT2D eigenvalue weighted by Gasteiger charge is 2.33. The Balaban J connectivity index is 4.60. The van der Waals surface area contributed by atoms with Gasteiger partial charge in [-0.25, -0.2) is 4.89 Å². The van der Waals surface area contributed by atoms with Gasteiger partial charge in [-0.05, 0) is 33.6 Å². The van der Waals surface area contributed by atoms with Crippen LogP contribution >= 0.6 is 0 Å². The second-order valence-corrected chi connectivity index (χ2v) is 3.81. The van der Waals surface area contributed by atoms with Gasteiger partial charge in [-0.3, -0.25) is 5.26 Å². The highest BCUT2D eigenvalue weighted by atomic mass is 17.1. The predicted molar refractivity (Wildman–Crippen MR) is 55.7 cm³/mol. The van der Waals surface area contributed by atoms with Gasteiger partial charge in [0.25, 0.3) is 0 Å². The van der Waals surface area contributed by atoms with Crippen LogP contribution < -0.4 is 0 Å². The lowest BCUT2D eigenvalue weighted by molar-refractivity contribution is -0.315. The Morgan fingerprint density at radius 3 is 2.13 bits per heavy atom. The molecule has 0 aromatic heterocycles. The van der Waals surface area contributed by atoms with Gasteiger partial charge in [0.2, 0.25) is 5.76 Å². The Hall–Kier alpha value is -1.20. The molecule has 0 aliphatic rings. The molecular formula is C10H18O5. The molecule has 0 amide bonds. The van der Waals surface area contributed by atoms with Gasteiger partial charge in [0.15, 0.2) is 5.60 Å². The van der Waals surface area contributed by atoms with Crippen LogP contribution in [-0.2, 0) is 4.89 Å². The van der Waals surface area contributed by atoms with Crippen LogP contribution in [0.3, 0.4) is 0 Å². The van der Waals surface area contributed by atoms with Crippen molar-refractivity contribution in [1.82, 2.24) is 0 Å². The van der Waals surface area contributed by atoms with Gasteiger partial charge in [0.05, 0.1) is 0 Å². The van der Waals surface area contributed by atoms with E-state index in [4.69, 9.17) is 15.5 Å². The standard InChI is InChI=1S/C10H18O5/c1-7(2)5-4-6-10(3,15-14)8(11)9(12)13/h5,11-14H,4,6H2,1-3H3. The maximum atomic E-state index is 9.28. The molecule has 0 aliphatic carbocycles. The molecule has 0 radical (unpaired) electrons. The van der Waals surface area contributed by atoms with Crippen LogP contribution in [0.1, 0.15) is 33.6 Å². The third-order valence-corrected chi connectivity index (χ3v) is 2.09. The fraction of sp³-hybridized carbons (Fsp3) is 0.600. The minimum Gasteiger partial charge on any atom is -0.503 e. The summed E-state index contributed by atoms with van der Waals surface area (Å²) in [5.74, 6) is -2.03. The van der Waals surface area contributed by atoms with Crippen molar-refractivity contribution in [2.75, 3.05) is 0 Å². The highest BCUT2D eigenvalue weighted by Crippen LogP contribution is 2.25. The van der Waals surface area contributed by atoms with Crippen molar-refractivity contribution in [1.29, 1.82) is 0 Å². The third kappa shape index (κ3) is 4.22. The van der Waals surface area contributed by atoms with Crippen LogP contribution in [0.15, 0.2) is 23.4 Å². The second kappa shape index (κ2) is 5.63. The number of hydrogen-bond donors (Lipinski definition) is 4. The maximum absolute atomic E-state index is 9.28. The minimum absolute atomic E-state index is 0.227. The fourth-order valence-corrected chi connectivity index (χ4v) is 1.08. The van der Waals surface area contributed by atoms with Crippen LogP contribution in [0.25, 0.3) is 0 Å². The van der Waals surface area contributed by atoms with Gasteiger partial charge in [0, 0.05) is 0 Å². The lowest BCUT2D eigenvalue weighted by Gasteiger charge is -2.23. The Labute approximate surface area is 88.9 Å². The SMILES string of the molecule is CC(C)=CCCC(C)(OO)C(O)=C(O)O. The van der Waals surface area contributed by atoms with Crippen molar-refractivity contribution in [2.45, 2.75) is 39.2 Å². The van der Waals surface area contributed by atoms with E-state index >= 15 is 0 Å². The van der Waals surface area contributed by atoms with Crippen molar-refractivity contribution in [3.63, 3.8) is 0 Å². The van der Waals surface area contributed by atoms with E-state index in [1.807, 2.05) is 19.9 Å². The Kier molecular flexibility index (Phi) is 5.18. The van der Waals surface area contributed by atoms with Gasteiger partial charge in [-0.2, -0.15) is 0 Å². The lowest BCUT2D eigenvalue weighted by atomic mass is 9.97. The van der Waals surface area contributed by atoms with Crippen molar-refractivity contribution >= 4 is 0 Å². The van der Waals surface area contributed by atoms with E-state index in [1.165, 1.54) is 6.92 Å². The molecule has 0 aromatic rings. The first kappa shape index (κ1) is 13.8. The average molecular weight is 218 g/mol. The number of hydrogen-bond acceptors (Lipinski definition) is 5. The monoisotopic (exact) mass is 218 g/mol. The Morgan fingerprint density at radius 2 is 1.80 bits per heavy atom. The molecule has 0 aromatic carbocycles. The zero-order valence-corrected chi connectivity index (χ0v) is 9.19. The number of allylic oxidation sites excluding steroid dienone is 2. The van der Waals surface area contributed by atoms with E-state index in [1.54, 1.807) is 0 Å². The van der Waals surface area contributed by atoms with Crippen LogP contribution in [0.4, 0.5) is 0 Å². The molecule has 0 saturated heterocycles. The lowest BCUT2D eigenvalue weighted by Crippen LogP contribution is -2.31. The Morgan fingerprint density at radius 1 is 1.27 bits per heavy atom. The topological polar surface area (TPSA) is 90.2 Å². The normalized spacial score (nSPS) is 14.1. The van der Waals surface area contributed by atoms with Crippen molar-refractivity contribution < 1.29 is 25.5 Å². The highest BCUT2D eigenvalue weighted by molar-refractivity contribution is 5.08. The van der Waals surface area contributed by atoms with Crippen LogP contribution in [0.2, 0.25) is 0 Å². The van der Waals surface area contributed by atoms with Crippen LogP contribution in [0, 0.1) is 0 Å². The van der Waals surface area contributed by atoms with Gasteiger partial charge in [0.1, 0.15) is 0 Å². The van der Waals surface area contributed by atoms with Crippen molar-refractivity contribution in [2.24, 2.45) is 0 Å². The summed E-state index contributed by atoms with van der Waals surface area (Å²) in [7, 11) is 0. The average Bonchev–Trinajstić information content (AvgIpc) is 2.15. The first-order valence-corrected chi connectivity index (χ1v) is 4.61. The molecule has 0 fully saturated rings. The van der Waals surface area contributed by atoms with Gasteiger partial charge >= 0.3 is 5.95 Å². The molecule has 0 bridgehead atoms. The second-order valence-electron chi connectivity index (χ2n) is 3.81. The van der Waals surface area contributed by atoms with E-state index in [9.17, 15) is 5.11 Å². The van der Waals surface area contributed by atoms with Crippen molar-refractivity contribution in [3.05, 3.63) is 23.4 Å². The summed E-state index contributed by atoms with van der Waals surface area (Å²) in [6, 6.07) is 0. The molecule has 15 heavy (non-hydrogen) atoms. The van der Waals surface area contributed by atoms with Gasteiger partial charge in [-0.15, -0.1) is 0 Å². The first-order valence-electron chi connectivity index (χ1n) is 4.61. The smallest absolute Gasteiger partial charge is 0.317 e. The summed E-state index contributed by atoms with van der Waals surface area (Å²) in [5.41, 5.74) is -0.405. The summed E-state index contributed by atoms with van der Waals surface area (Å²) >= 11 is 0.